The van der Waals surface area contributed by atoms with Crippen molar-refractivity contribution in [1.82, 2.24) is 5.32 Å². The number of furan rings is 1. The molecule has 1 N–H and O–H groups in total. The number of carbonyl (C=O) groups excluding carboxylic acids is 1. The second-order valence-corrected chi connectivity index (χ2v) is 5.16. The Balaban J connectivity index is 1.63. The maximum Gasteiger partial charge on any atom is 0.267 e. The summed E-state index contributed by atoms with van der Waals surface area (Å²) in [5, 5.41) is 6.87. The van der Waals surface area contributed by atoms with Gasteiger partial charge in [-0.15, -0.1) is 0 Å². The molecule has 1 aliphatic heterocycles. The van der Waals surface area contributed by atoms with Crippen LogP contribution in [0.3, 0.4) is 0 Å². The Labute approximate surface area is 122 Å². The molecule has 1 aliphatic rings. The highest BCUT2D eigenvalue weighted by molar-refractivity contribution is 6.05. The van der Waals surface area contributed by atoms with Crippen LogP contribution in [0.15, 0.2) is 58.3 Å². The molecule has 5 nitrogen and oxygen atoms in total. The zero-order valence-corrected chi connectivity index (χ0v) is 11.7. The number of hydrogen-bond acceptors (Lipinski definition) is 4. The third-order valence-electron chi connectivity index (χ3n) is 3.45. The molecule has 0 saturated carbocycles. The van der Waals surface area contributed by atoms with Gasteiger partial charge in [0.25, 0.3) is 5.91 Å². The summed E-state index contributed by atoms with van der Waals surface area (Å²) in [5.41, 5.74) is 0.781. The smallest absolute Gasteiger partial charge is 0.267 e. The van der Waals surface area contributed by atoms with Gasteiger partial charge >= 0.3 is 0 Å². The lowest BCUT2D eigenvalue weighted by Gasteiger charge is -2.19. The lowest BCUT2D eigenvalue weighted by atomic mass is 9.95. The van der Waals surface area contributed by atoms with Crippen molar-refractivity contribution in [2.45, 2.75) is 25.5 Å². The summed E-state index contributed by atoms with van der Waals surface area (Å²) in [6.07, 6.45) is 2.02. The summed E-state index contributed by atoms with van der Waals surface area (Å²) < 4.78 is 5.19. The van der Waals surface area contributed by atoms with Gasteiger partial charge in [0.05, 0.1) is 18.5 Å². The average molecular weight is 284 g/mol. The van der Waals surface area contributed by atoms with Crippen LogP contribution in [0, 0.1) is 0 Å². The normalized spacial score (nSPS) is 20.7. The van der Waals surface area contributed by atoms with Gasteiger partial charge in [-0.3, -0.25) is 4.79 Å². The van der Waals surface area contributed by atoms with E-state index in [1.165, 1.54) is 0 Å². The van der Waals surface area contributed by atoms with Gasteiger partial charge in [0.1, 0.15) is 5.76 Å². The minimum absolute atomic E-state index is 0.200. The average Bonchev–Trinajstić information content (AvgIpc) is 3.16. The van der Waals surface area contributed by atoms with E-state index in [1.54, 1.807) is 19.3 Å². The highest BCUT2D eigenvalue weighted by Crippen LogP contribution is 2.26. The molecule has 0 spiro atoms. The molecule has 1 aromatic carbocycles. The van der Waals surface area contributed by atoms with Crippen molar-refractivity contribution in [1.29, 1.82) is 0 Å². The molecule has 2 aromatic rings. The van der Waals surface area contributed by atoms with Crippen LogP contribution in [0.2, 0.25) is 0 Å². The van der Waals surface area contributed by atoms with Crippen molar-refractivity contribution < 1.29 is 14.0 Å². The minimum atomic E-state index is -0.974. The van der Waals surface area contributed by atoms with Gasteiger partial charge in [-0.2, -0.15) is 0 Å². The fourth-order valence-electron chi connectivity index (χ4n) is 2.21. The van der Waals surface area contributed by atoms with Gasteiger partial charge in [0.15, 0.2) is 0 Å². The molecule has 0 radical (unpaired) electrons. The van der Waals surface area contributed by atoms with Crippen molar-refractivity contribution in [2.24, 2.45) is 5.16 Å². The van der Waals surface area contributed by atoms with Crippen molar-refractivity contribution in [3.05, 3.63) is 60.1 Å². The fourth-order valence-corrected chi connectivity index (χ4v) is 2.21. The molecular weight excluding hydrogens is 268 g/mol. The summed E-state index contributed by atoms with van der Waals surface area (Å²) in [6.45, 7) is 2.08. The van der Waals surface area contributed by atoms with Crippen LogP contribution in [0.1, 0.15) is 24.7 Å². The Morgan fingerprint density at radius 1 is 1.29 bits per heavy atom. The van der Waals surface area contributed by atoms with Crippen molar-refractivity contribution in [2.75, 3.05) is 0 Å². The lowest BCUT2D eigenvalue weighted by Crippen LogP contribution is -2.44. The first-order valence-corrected chi connectivity index (χ1v) is 6.78. The summed E-state index contributed by atoms with van der Waals surface area (Å²) in [5.74, 6) is 0.503. The van der Waals surface area contributed by atoms with Crippen molar-refractivity contribution in [3.63, 3.8) is 0 Å². The molecule has 1 atom stereocenters. The maximum absolute atomic E-state index is 12.3. The molecule has 0 bridgehead atoms. The number of nitrogens with zero attached hydrogens (tertiary/aromatic N) is 1. The number of benzene rings is 1. The largest absolute Gasteiger partial charge is 0.467 e. The Kier molecular flexibility index (Phi) is 3.48. The number of oxime groups is 1. The molecule has 1 aromatic heterocycles. The Bertz CT molecular complexity index is 649. The summed E-state index contributed by atoms with van der Waals surface area (Å²) in [6, 6.07) is 13.3. The van der Waals surface area contributed by atoms with E-state index in [-0.39, 0.29) is 5.91 Å². The third-order valence-corrected chi connectivity index (χ3v) is 3.45. The number of nitrogens with one attached hydrogen (secondary N) is 1. The monoisotopic (exact) mass is 284 g/mol. The van der Waals surface area contributed by atoms with Crippen LogP contribution in [-0.2, 0) is 16.2 Å². The summed E-state index contributed by atoms with van der Waals surface area (Å²) in [7, 11) is 0. The van der Waals surface area contributed by atoms with E-state index < -0.39 is 5.60 Å². The molecule has 0 saturated heterocycles. The van der Waals surface area contributed by atoms with Gasteiger partial charge < -0.3 is 14.6 Å². The quantitative estimate of drug-likeness (QED) is 0.938. The van der Waals surface area contributed by atoms with E-state index in [4.69, 9.17) is 9.25 Å². The number of hydrogen-bond donors (Lipinski definition) is 1. The highest BCUT2D eigenvalue weighted by Gasteiger charge is 2.42. The minimum Gasteiger partial charge on any atom is -0.467 e. The predicted molar refractivity (Wildman–Crippen MR) is 77.6 cm³/mol. The van der Waals surface area contributed by atoms with E-state index in [2.05, 4.69) is 10.5 Å². The van der Waals surface area contributed by atoms with E-state index >= 15 is 0 Å². The Hall–Kier alpha value is -2.56. The summed E-state index contributed by atoms with van der Waals surface area (Å²) in [4.78, 5) is 17.7. The van der Waals surface area contributed by atoms with Crippen LogP contribution < -0.4 is 5.32 Å². The number of rotatable bonds is 4. The standard InChI is InChI=1S/C16H16N2O3/c1-16(15(19)17-11-13-8-5-9-20-13)10-14(18-21-16)12-6-3-2-4-7-12/h2-9H,10-11H2,1H3,(H,17,19)/t16-/m0/s1. The molecule has 0 fully saturated rings. The Morgan fingerprint density at radius 3 is 2.81 bits per heavy atom. The predicted octanol–water partition coefficient (Wildman–Crippen LogP) is 2.48. The second-order valence-electron chi connectivity index (χ2n) is 5.16. The topological polar surface area (TPSA) is 63.8 Å². The molecule has 108 valence electrons. The van der Waals surface area contributed by atoms with Gasteiger partial charge in [-0.25, -0.2) is 0 Å². The fraction of sp³-hybridized carbons (Fsp3) is 0.250. The molecule has 2 heterocycles. The third kappa shape index (κ3) is 2.81. The van der Waals surface area contributed by atoms with E-state index in [9.17, 15) is 4.79 Å². The molecule has 0 aliphatic carbocycles. The van der Waals surface area contributed by atoms with Crippen molar-refractivity contribution in [3.8, 4) is 0 Å². The van der Waals surface area contributed by atoms with Gasteiger partial charge in [0, 0.05) is 6.42 Å². The molecule has 0 unspecified atom stereocenters. The molecule has 5 heteroatoms. The van der Waals surface area contributed by atoms with Crippen LogP contribution in [0.4, 0.5) is 0 Å². The van der Waals surface area contributed by atoms with E-state index in [1.807, 2.05) is 36.4 Å². The van der Waals surface area contributed by atoms with Crippen LogP contribution in [-0.4, -0.2) is 17.2 Å². The zero-order valence-electron chi connectivity index (χ0n) is 11.7. The van der Waals surface area contributed by atoms with Crippen LogP contribution in [0.5, 0.6) is 0 Å². The first-order valence-electron chi connectivity index (χ1n) is 6.78. The van der Waals surface area contributed by atoms with Gasteiger partial charge in [-0.1, -0.05) is 35.5 Å². The molecule has 3 rings (SSSR count). The van der Waals surface area contributed by atoms with Crippen LogP contribution in [0.25, 0.3) is 0 Å². The first kappa shape index (κ1) is 13.4. The highest BCUT2D eigenvalue weighted by atomic mass is 16.7. The van der Waals surface area contributed by atoms with Crippen molar-refractivity contribution >= 4 is 11.6 Å². The zero-order chi connectivity index (χ0) is 14.7. The molecule has 21 heavy (non-hydrogen) atoms. The van der Waals surface area contributed by atoms with E-state index in [0.717, 1.165) is 11.3 Å². The number of carbonyl (C=O) groups is 1. The maximum atomic E-state index is 12.3. The van der Waals surface area contributed by atoms with Gasteiger partial charge in [-0.05, 0) is 24.6 Å². The first-order chi connectivity index (χ1) is 10.2. The molecule has 1 amide bonds. The summed E-state index contributed by atoms with van der Waals surface area (Å²) >= 11 is 0. The number of amides is 1. The SMILES string of the molecule is C[C@@]1(C(=O)NCc2ccco2)CC(c2ccccc2)=NO1. The van der Waals surface area contributed by atoms with Gasteiger partial charge in [0.2, 0.25) is 5.60 Å². The second kappa shape index (κ2) is 5.44. The van der Waals surface area contributed by atoms with E-state index in [0.29, 0.717) is 18.7 Å². The Morgan fingerprint density at radius 2 is 2.10 bits per heavy atom. The molecular formula is C16H16N2O3. The van der Waals surface area contributed by atoms with Crippen LogP contribution >= 0.6 is 0 Å². The lowest BCUT2D eigenvalue weighted by molar-refractivity contribution is -0.141.